The topological polar surface area (TPSA) is 127 Å². The van der Waals surface area contributed by atoms with Crippen LogP contribution < -0.4 is 10.9 Å². The van der Waals surface area contributed by atoms with Crippen LogP contribution in [0.4, 0.5) is 29.2 Å². The van der Waals surface area contributed by atoms with Crippen molar-refractivity contribution in [2.45, 2.75) is 12.7 Å². The average Bonchev–Trinajstić information content (AvgIpc) is 3.46. The molecule has 4 aromatic rings. The molecular weight excluding hydrogens is 586 g/mol. The third kappa shape index (κ3) is 6.42. The summed E-state index contributed by atoms with van der Waals surface area (Å²) in [6.45, 7) is 2.94. The Kier molecular flexibility index (Phi) is 8.24. The Morgan fingerprint density at radius 1 is 1.14 bits per heavy atom. The molecule has 1 saturated heterocycles. The van der Waals surface area contributed by atoms with Crippen molar-refractivity contribution >= 4 is 29.2 Å². The standard InChI is InChI=1S/C26H22ClF4N7O4/c27-19-12-16(1-2-20(19)28)33-25-32-13-18(22(34-25)38-4-3-21(35-38)26(29,30)31)15-11-17(24(40)41)23(39)37(14-15)6-5-36-7-9-42-10-8-36/h1-4,11-14H,5-10H2,(H,40,41)(H,32,33,34). The lowest BCUT2D eigenvalue weighted by atomic mass is 10.1. The Morgan fingerprint density at radius 3 is 2.57 bits per heavy atom. The zero-order valence-electron chi connectivity index (χ0n) is 21.6. The highest BCUT2D eigenvalue weighted by atomic mass is 35.5. The van der Waals surface area contributed by atoms with Gasteiger partial charge >= 0.3 is 12.1 Å². The summed E-state index contributed by atoms with van der Waals surface area (Å²) in [5.41, 5.74) is -1.93. The molecule has 1 aliphatic rings. The molecule has 0 amide bonds. The van der Waals surface area contributed by atoms with E-state index in [1.54, 1.807) is 0 Å². The minimum absolute atomic E-state index is 0.0946. The van der Waals surface area contributed by atoms with Gasteiger partial charge in [-0.15, -0.1) is 0 Å². The number of carboxylic acid groups (broad SMARTS) is 1. The van der Waals surface area contributed by atoms with E-state index in [4.69, 9.17) is 16.3 Å². The van der Waals surface area contributed by atoms with Crippen LogP contribution in [0.1, 0.15) is 16.1 Å². The average molecular weight is 608 g/mol. The second kappa shape index (κ2) is 11.9. The Morgan fingerprint density at radius 2 is 1.90 bits per heavy atom. The molecule has 4 heterocycles. The van der Waals surface area contributed by atoms with E-state index < -0.39 is 34.8 Å². The first-order valence-electron chi connectivity index (χ1n) is 12.5. The van der Waals surface area contributed by atoms with Crippen molar-refractivity contribution in [3.8, 4) is 16.9 Å². The van der Waals surface area contributed by atoms with Gasteiger partial charge in [0.2, 0.25) is 5.95 Å². The van der Waals surface area contributed by atoms with E-state index in [9.17, 15) is 32.3 Å². The number of pyridine rings is 1. The number of rotatable bonds is 8. The molecule has 2 N–H and O–H groups in total. The fraction of sp³-hybridized carbons (Fsp3) is 0.269. The SMILES string of the molecule is O=C(O)c1cc(-c2cnc(Nc3ccc(F)c(Cl)c3)nc2-n2ccc(C(F)(F)F)n2)cn(CCN2CCOCC2)c1=O. The molecule has 3 aromatic heterocycles. The largest absolute Gasteiger partial charge is 0.477 e. The fourth-order valence-corrected chi connectivity index (χ4v) is 4.46. The van der Waals surface area contributed by atoms with Crippen LogP contribution in [0.5, 0.6) is 0 Å². The molecule has 0 bridgehead atoms. The van der Waals surface area contributed by atoms with Crippen LogP contribution in [0.15, 0.2) is 53.7 Å². The number of hydrogen-bond donors (Lipinski definition) is 2. The highest BCUT2D eigenvalue weighted by molar-refractivity contribution is 6.31. The number of ether oxygens (including phenoxy) is 1. The molecule has 1 aliphatic heterocycles. The summed E-state index contributed by atoms with van der Waals surface area (Å²) in [5, 5.41) is 16.0. The number of halogens is 5. The summed E-state index contributed by atoms with van der Waals surface area (Å²) in [6.07, 6.45) is -1.05. The van der Waals surface area contributed by atoms with E-state index in [1.807, 2.05) is 0 Å². The van der Waals surface area contributed by atoms with Gasteiger partial charge in [-0.1, -0.05) is 11.6 Å². The van der Waals surface area contributed by atoms with Gasteiger partial charge in [0.1, 0.15) is 11.4 Å². The van der Waals surface area contributed by atoms with Crippen molar-refractivity contribution in [2.24, 2.45) is 0 Å². The first-order valence-corrected chi connectivity index (χ1v) is 12.9. The smallest absolute Gasteiger partial charge is 0.435 e. The molecule has 0 spiro atoms. The van der Waals surface area contributed by atoms with Gasteiger partial charge < -0.3 is 19.7 Å². The minimum atomic E-state index is -4.74. The zero-order chi connectivity index (χ0) is 30.0. The number of aromatic nitrogens is 5. The molecule has 11 nitrogen and oxygen atoms in total. The summed E-state index contributed by atoms with van der Waals surface area (Å²) >= 11 is 5.84. The molecule has 0 atom stereocenters. The summed E-state index contributed by atoms with van der Waals surface area (Å²) in [7, 11) is 0. The van der Waals surface area contributed by atoms with Crippen molar-refractivity contribution in [3.05, 3.63) is 81.4 Å². The van der Waals surface area contributed by atoms with E-state index in [2.05, 4.69) is 25.3 Å². The first-order chi connectivity index (χ1) is 20.0. The van der Waals surface area contributed by atoms with Gasteiger partial charge in [0.15, 0.2) is 11.5 Å². The molecule has 5 rings (SSSR count). The van der Waals surface area contributed by atoms with Crippen LogP contribution in [0.25, 0.3) is 16.9 Å². The molecule has 0 radical (unpaired) electrons. The number of morpholine rings is 1. The predicted octanol–water partition coefficient (Wildman–Crippen LogP) is 4.08. The van der Waals surface area contributed by atoms with Crippen LogP contribution >= 0.6 is 11.6 Å². The molecule has 0 aliphatic carbocycles. The van der Waals surface area contributed by atoms with Gasteiger partial charge in [-0.25, -0.2) is 18.9 Å². The van der Waals surface area contributed by atoms with Crippen molar-refractivity contribution in [2.75, 3.05) is 38.2 Å². The Hall–Kier alpha value is -4.34. The fourth-order valence-electron chi connectivity index (χ4n) is 4.28. The number of carbonyl (C=O) groups is 1. The number of benzene rings is 1. The molecule has 1 fully saturated rings. The third-order valence-corrected chi connectivity index (χ3v) is 6.72. The second-order valence-electron chi connectivity index (χ2n) is 9.23. The number of nitrogens with one attached hydrogen (secondary N) is 1. The second-order valence-corrected chi connectivity index (χ2v) is 9.64. The van der Waals surface area contributed by atoms with Crippen molar-refractivity contribution < 1.29 is 32.2 Å². The van der Waals surface area contributed by atoms with Gasteiger partial charge in [0.25, 0.3) is 5.56 Å². The zero-order valence-corrected chi connectivity index (χ0v) is 22.4. The van der Waals surface area contributed by atoms with Crippen LogP contribution in [0.2, 0.25) is 5.02 Å². The summed E-state index contributed by atoms with van der Waals surface area (Å²) < 4.78 is 61.2. The Labute approximate surface area is 239 Å². The number of nitrogens with zero attached hydrogens (tertiary/aromatic N) is 6. The third-order valence-electron chi connectivity index (χ3n) is 6.43. The van der Waals surface area contributed by atoms with Crippen molar-refractivity contribution in [3.63, 3.8) is 0 Å². The van der Waals surface area contributed by atoms with Gasteiger partial charge in [-0.3, -0.25) is 9.69 Å². The van der Waals surface area contributed by atoms with Gasteiger partial charge in [0, 0.05) is 61.6 Å². The van der Waals surface area contributed by atoms with E-state index in [0.717, 1.165) is 29.1 Å². The summed E-state index contributed by atoms with van der Waals surface area (Å²) in [6, 6.07) is 5.60. The number of anilines is 2. The van der Waals surface area contributed by atoms with Crippen LogP contribution in [-0.4, -0.2) is 73.1 Å². The quantitative estimate of drug-likeness (QED) is 0.285. The van der Waals surface area contributed by atoms with Crippen LogP contribution in [0, 0.1) is 5.82 Å². The molecule has 220 valence electrons. The highest BCUT2D eigenvalue weighted by Gasteiger charge is 2.34. The van der Waals surface area contributed by atoms with Gasteiger partial charge in [-0.2, -0.15) is 23.3 Å². The Bertz CT molecular complexity index is 1690. The molecule has 16 heteroatoms. The summed E-state index contributed by atoms with van der Waals surface area (Å²) in [5.74, 6) is -2.38. The van der Waals surface area contributed by atoms with Gasteiger partial charge in [0.05, 0.1) is 18.2 Å². The monoisotopic (exact) mass is 607 g/mol. The van der Waals surface area contributed by atoms with Crippen molar-refractivity contribution in [1.82, 2.24) is 29.2 Å². The van der Waals surface area contributed by atoms with Crippen molar-refractivity contribution in [1.29, 1.82) is 0 Å². The lowest BCUT2D eigenvalue weighted by molar-refractivity contribution is -0.141. The van der Waals surface area contributed by atoms with Crippen LogP contribution in [0.3, 0.4) is 0 Å². The van der Waals surface area contributed by atoms with E-state index in [-0.39, 0.29) is 34.5 Å². The molecular formula is C26H22ClF4N7O4. The maximum atomic E-state index is 13.6. The first kappa shape index (κ1) is 29.2. The number of carboxylic acids is 1. The lowest BCUT2D eigenvalue weighted by Gasteiger charge is -2.26. The highest BCUT2D eigenvalue weighted by Crippen LogP contribution is 2.31. The minimum Gasteiger partial charge on any atom is -0.477 e. The lowest BCUT2D eigenvalue weighted by Crippen LogP contribution is -2.39. The normalized spacial score (nSPS) is 14.2. The molecule has 1 aromatic carbocycles. The van der Waals surface area contributed by atoms with Gasteiger partial charge in [-0.05, 0) is 30.3 Å². The van der Waals surface area contributed by atoms with E-state index >= 15 is 0 Å². The number of alkyl halides is 3. The predicted molar refractivity (Wildman–Crippen MR) is 143 cm³/mol. The maximum absolute atomic E-state index is 13.6. The molecule has 42 heavy (non-hydrogen) atoms. The molecule has 0 saturated carbocycles. The number of hydrogen-bond acceptors (Lipinski definition) is 8. The number of aromatic carboxylic acids is 1. The molecule has 0 unspecified atom stereocenters. The van der Waals surface area contributed by atoms with Crippen LogP contribution in [-0.2, 0) is 17.5 Å². The van der Waals surface area contributed by atoms with E-state index in [0.29, 0.717) is 38.5 Å². The Balaban J connectivity index is 1.59. The maximum Gasteiger partial charge on any atom is 0.435 e. The van der Waals surface area contributed by atoms with E-state index in [1.165, 1.54) is 29.1 Å². The summed E-state index contributed by atoms with van der Waals surface area (Å²) in [4.78, 5) is 35.5.